The molecule has 2 N–H and O–H groups in total. The monoisotopic (exact) mass is 354 g/mol. The van der Waals surface area contributed by atoms with Crippen molar-refractivity contribution in [2.75, 3.05) is 0 Å². The Morgan fingerprint density at radius 1 is 1.40 bits per heavy atom. The lowest BCUT2D eigenvalue weighted by Crippen LogP contribution is -2.18. The molecule has 2 rings (SSSR count). The number of nitrogens with zero attached hydrogens (tertiary/aromatic N) is 1. The maximum atomic E-state index is 5.86. The molecule has 3 nitrogen and oxygen atoms in total. The summed E-state index contributed by atoms with van der Waals surface area (Å²) in [5, 5.41) is 1.01. The summed E-state index contributed by atoms with van der Waals surface area (Å²) in [5.74, 6) is 0.856. The smallest absolute Gasteiger partial charge is 0.140 e. The molecule has 1 aromatic heterocycles. The number of hydrogen-bond acceptors (Lipinski definition) is 4. The highest BCUT2D eigenvalue weighted by atomic mass is 79.9. The van der Waals surface area contributed by atoms with Gasteiger partial charge in [0, 0.05) is 15.4 Å². The minimum Gasteiger partial charge on any atom is -0.486 e. The van der Waals surface area contributed by atoms with Gasteiger partial charge in [-0.1, -0.05) is 15.9 Å². The Bertz CT molecular complexity index is 576. The van der Waals surface area contributed by atoms with Crippen LogP contribution in [-0.2, 0) is 13.0 Å². The molecule has 0 spiro atoms. The Morgan fingerprint density at radius 2 is 2.15 bits per heavy atom. The molecule has 1 heterocycles. The summed E-state index contributed by atoms with van der Waals surface area (Å²) in [7, 11) is 0. The van der Waals surface area contributed by atoms with Crippen LogP contribution in [0.3, 0.4) is 0 Å². The van der Waals surface area contributed by atoms with Crippen molar-refractivity contribution in [2.24, 2.45) is 5.73 Å². The number of aromatic nitrogens is 1. The first-order valence-electron chi connectivity index (χ1n) is 6.55. The Balaban J connectivity index is 2.06. The third-order valence-corrected chi connectivity index (χ3v) is 4.81. The zero-order chi connectivity index (χ0) is 14.7. The van der Waals surface area contributed by atoms with E-state index in [0.717, 1.165) is 27.3 Å². The second kappa shape index (κ2) is 6.70. The Hall–Kier alpha value is -0.910. The van der Waals surface area contributed by atoms with Crippen LogP contribution < -0.4 is 10.5 Å². The van der Waals surface area contributed by atoms with E-state index in [1.807, 2.05) is 32.0 Å². The van der Waals surface area contributed by atoms with E-state index in [0.29, 0.717) is 6.61 Å². The van der Waals surface area contributed by atoms with Gasteiger partial charge in [-0.25, -0.2) is 4.98 Å². The number of benzene rings is 1. The van der Waals surface area contributed by atoms with Gasteiger partial charge in [0.25, 0.3) is 0 Å². The summed E-state index contributed by atoms with van der Waals surface area (Å²) >= 11 is 5.23. The fourth-order valence-corrected chi connectivity index (χ4v) is 3.15. The highest BCUT2D eigenvalue weighted by Crippen LogP contribution is 2.25. The normalized spacial score (nSPS) is 12.4. The van der Waals surface area contributed by atoms with Gasteiger partial charge >= 0.3 is 0 Å². The van der Waals surface area contributed by atoms with Crippen LogP contribution in [0.2, 0.25) is 0 Å². The number of ether oxygens (including phenoxy) is 1. The van der Waals surface area contributed by atoms with E-state index in [1.54, 1.807) is 11.3 Å². The van der Waals surface area contributed by atoms with E-state index < -0.39 is 0 Å². The van der Waals surface area contributed by atoms with Gasteiger partial charge < -0.3 is 10.5 Å². The predicted octanol–water partition coefficient (Wildman–Crippen LogP) is 3.99. The van der Waals surface area contributed by atoms with Crippen molar-refractivity contribution in [1.29, 1.82) is 0 Å². The van der Waals surface area contributed by atoms with Crippen LogP contribution >= 0.6 is 27.3 Å². The summed E-state index contributed by atoms with van der Waals surface area (Å²) in [4.78, 5) is 5.73. The van der Waals surface area contributed by atoms with Crippen LogP contribution in [0.4, 0.5) is 0 Å². The van der Waals surface area contributed by atoms with Gasteiger partial charge in [0.15, 0.2) is 0 Å². The molecule has 0 saturated heterocycles. The van der Waals surface area contributed by atoms with E-state index >= 15 is 0 Å². The molecule has 108 valence electrons. The molecule has 1 unspecified atom stereocenters. The van der Waals surface area contributed by atoms with E-state index in [-0.39, 0.29) is 6.04 Å². The first-order chi connectivity index (χ1) is 9.45. The summed E-state index contributed by atoms with van der Waals surface area (Å²) in [6.07, 6.45) is 0.827. The summed E-state index contributed by atoms with van der Waals surface area (Å²) in [5.41, 5.74) is 8.11. The number of halogens is 1. The minimum absolute atomic E-state index is 0.130. The van der Waals surface area contributed by atoms with Gasteiger partial charge in [-0.15, -0.1) is 11.3 Å². The second-order valence-corrected chi connectivity index (χ2v) is 7.11. The van der Waals surface area contributed by atoms with Crippen LogP contribution in [0.1, 0.15) is 28.1 Å². The SMILES string of the molecule is Cc1nc(COc2ccc(Br)c(CC(C)N)c2)sc1C. The maximum Gasteiger partial charge on any atom is 0.140 e. The van der Waals surface area contributed by atoms with Crippen molar-refractivity contribution in [2.45, 2.75) is 39.8 Å². The lowest BCUT2D eigenvalue weighted by atomic mass is 10.1. The van der Waals surface area contributed by atoms with Crippen molar-refractivity contribution in [3.8, 4) is 5.75 Å². The minimum atomic E-state index is 0.130. The molecule has 2 aromatic rings. The van der Waals surface area contributed by atoms with Gasteiger partial charge in [0.1, 0.15) is 17.4 Å². The lowest BCUT2D eigenvalue weighted by Gasteiger charge is -2.10. The number of aryl methyl sites for hydroxylation is 2. The molecule has 1 aromatic carbocycles. The van der Waals surface area contributed by atoms with Crippen molar-refractivity contribution in [1.82, 2.24) is 4.98 Å². The fourth-order valence-electron chi connectivity index (χ4n) is 1.89. The number of nitrogens with two attached hydrogens (primary N) is 1. The molecule has 0 radical (unpaired) electrons. The van der Waals surface area contributed by atoms with Gasteiger partial charge in [-0.3, -0.25) is 0 Å². The Labute approximate surface area is 132 Å². The summed E-state index contributed by atoms with van der Waals surface area (Å²) in [6.45, 7) is 6.62. The molecule has 0 aliphatic rings. The quantitative estimate of drug-likeness (QED) is 0.882. The van der Waals surface area contributed by atoms with E-state index in [2.05, 4.69) is 27.8 Å². The Morgan fingerprint density at radius 3 is 2.75 bits per heavy atom. The summed E-state index contributed by atoms with van der Waals surface area (Å²) in [6, 6.07) is 6.14. The van der Waals surface area contributed by atoms with Gasteiger partial charge in [0.2, 0.25) is 0 Å². The van der Waals surface area contributed by atoms with E-state index in [9.17, 15) is 0 Å². The van der Waals surface area contributed by atoms with E-state index in [4.69, 9.17) is 10.5 Å². The molecular weight excluding hydrogens is 336 g/mol. The molecule has 0 bridgehead atoms. The van der Waals surface area contributed by atoms with Crippen molar-refractivity contribution >= 4 is 27.3 Å². The zero-order valence-corrected chi connectivity index (χ0v) is 14.3. The van der Waals surface area contributed by atoms with Crippen LogP contribution in [0.5, 0.6) is 5.75 Å². The fraction of sp³-hybridized carbons (Fsp3) is 0.400. The van der Waals surface area contributed by atoms with Crippen LogP contribution in [0.25, 0.3) is 0 Å². The van der Waals surface area contributed by atoms with Gasteiger partial charge in [-0.05, 0) is 51.0 Å². The van der Waals surface area contributed by atoms with Crippen LogP contribution in [0, 0.1) is 13.8 Å². The second-order valence-electron chi connectivity index (χ2n) is 4.97. The first kappa shape index (κ1) is 15.5. The topological polar surface area (TPSA) is 48.1 Å². The van der Waals surface area contributed by atoms with Gasteiger partial charge in [0.05, 0.1) is 5.69 Å². The molecule has 5 heteroatoms. The third kappa shape index (κ3) is 4.04. The average molecular weight is 355 g/mol. The molecule has 20 heavy (non-hydrogen) atoms. The van der Waals surface area contributed by atoms with Crippen LogP contribution in [-0.4, -0.2) is 11.0 Å². The number of hydrogen-bond donors (Lipinski definition) is 1. The molecule has 1 atom stereocenters. The molecule has 0 saturated carbocycles. The highest BCUT2D eigenvalue weighted by molar-refractivity contribution is 9.10. The maximum absolute atomic E-state index is 5.86. The van der Waals surface area contributed by atoms with Crippen molar-refractivity contribution in [3.05, 3.63) is 43.8 Å². The third-order valence-electron chi connectivity index (χ3n) is 2.99. The molecule has 0 aliphatic carbocycles. The number of rotatable bonds is 5. The number of thiazole rings is 1. The molecular formula is C15H19BrN2OS. The van der Waals surface area contributed by atoms with Crippen LogP contribution in [0.15, 0.2) is 22.7 Å². The van der Waals surface area contributed by atoms with Crippen molar-refractivity contribution in [3.63, 3.8) is 0 Å². The standard InChI is InChI=1S/C15H19BrN2OS/c1-9(17)6-12-7-13(4-5-14(12)16)19-8-15-18-10(2)11(3)20-15/h4-5,7,9H,6,8,17H2,1-3H3. The molecule has 0 fully saturated rings. The summed E-state index contributed by atoms with van der Waals surface area (Å²) < 4.78 is 6.90. The lowest BCUT2D eigenvalue weighted by molar-refractivity contribution is 0.305. The first-order valence-corrected chi connectivity index (χ1v) is 8.16. The van der Waals surface area contributed by atoms with Gasteiger partial charge in [-0.2, -0.15) is 0 Å². The highest BCUT2D eigenvalue weighted by Gasteiger charge is 2.07. The largest absolute Gasteiger partial charge is 0.486 e. The Kier molecular flexibility index (Phi) is 5.18. The van der Waals surface area contributed by atoms with E-state index in [1.165, 1.54) is 10.4 Å². The molecule has 0 amide bonds. The average Bonchev–Trinajstić information content (AvgIpc) is 2.69. The molecule has 0 aliphatic heterocycles. The van der Waals surface area contributed by atoms with Crippen molar-refractivity contribution < 1.29 is 4.74 Å². The zero-order valence-electron chi connectivity index (χ0n) is 11.9. The predicted molar refractivity (Wildman–Crippen MR) is 87.4 cm³/mol.